The molecule has 1 heterocycles. The third kappa shape index (κ3) is 2.87. The van der Waals surface area contributed by atoms with Gasteiger partial charge in [0.15, 0.2) is 11.6 Å². The number of methoxy groups -OCH3 is 1. The van der Waals surface area contributed by atoms with Crippen molar-refractivity contribution in [3.63, 3.8) is 0 Å². The van der Waals surface area contributed by atoms with Crippen LogP contribution in [0.4, 0.5) is 10.2 Å². The summed E-state index contributed by atoms with van der Waals surface area (Å²) in [6.45, 7) is 1.30. The van der Waals surface area contributed by atoms with Crippen LogP contribution in [0.15, 0.2) is 12.3 Å². The Balaban J connectivity index is 2.83. The van der Waals surface area contributed by atoms with Crippen molar-refractivity contribution in [1.82, 2.24) is 4.98 Å². The van der Waals surface area contributed by atoms with E-state index in [2.05, 4.69) is 4.98 Å². The molecule has 4 nitrogen and oxygen atoms in total. The van der Waals surface area contributed by atoms with E-state index in [-0.39, 0.29) is 12.4 Å². The molecule has 0 fully saturated rings. The highest BCUT2D eigenvalue weighted by molar-refractivity contribution is 5.42. The maximum absolute atomic E-state index is 13.7. The Kier molecular flexibility index (Phi) is 4.45. The van der Waals surface area contributed by atoms with Gasteiger partial charge in [-0.3, -0.25) is 0 Å². The largest absolute Gasteiger partial charge is 0.383 e. The van der Waals surface area contributed by atoms with Crippen LogP contribution < -0.4 is 10.6 Å². The second-order valence-corrected chi connectivity index (χ2v) is 3.23. The number of hydrogen-bond donors (Lipinski definition) is 1. The first kappa shape index (κ1) is 11.9. The summed E-state index contributed by atoms with van der Waals surface area (Å²) in [7, 11) is 3.37. The molecule has 0 aromatic carbocycles. The van der Waals surface area contributed by atoms with Gasteiger partial charge in [-0.05, 0) is 6.07 Å². The van der Waals surface area contributed by atoms with E-state index in [4.69, 9.17) is 10.5 Å². The maximum Gasteiger partial charge on any atom is 0.170 e. The molecule has 15 heavy (non-hydrogen) atoms. The van der Waals surface area contributed by atoms with Crippen LogP contribution in [-0.2, 0) is 11.3 Å². The van der Waals surface area contributed by atoms with E-state index in [9.17, 15) is 4.39 Å². The molecule has 0 amide bonds. The van der Waals surface area contributed by atoms with Crippen molar-refractivity contribution in [3.05, 3.63) is 23.6 Å². The van der Waals surface area contributed by atoms with Gasteiger partial charge in [0.2, 0.25) is 0 Å². The zero-order chi connectivity index (χ0) is 11.3. The van der Waals surface area contributed by atoms with Gasteiger partial charge >= 0.3 is 0 Å². The maximum atomic E-state index is 13.7. The lowest BCUT2D eigenvalue weighted by Gasteiger charge is -2.18. The predicted octanol–water partition coefficient (Wildman–Crippen LogP) is 0.762. The van der Waals surface area contributed by atoms with Crippen molar-refractivity contribution in [2.24, 2.45) is 5.73 Å². The number of anilines is 1. The molecule has 0 aliphatic heterocycles. The Morgan fingerprint density at radius 2 is 2.33 bits per heavy atom. The van der Waals surface area contributed by atoms with Gasteiger partial charge in [-0.15, -0.1) is 0 Å². The van der Waals surface area contributed by atoms with Gasteiger partial charge in [-0.25, -0.2) is 9.37 Å². The lowest BCUT2D eigenvalue weighted by Crippen LogP contribution is -2.24. The molecule has 0 unspecified atom stereocenters. The molecule has 0 spiro atoms. The first-order chi connectivity index (χ1) is 7.20. The molecular formula is C10H16FN3O. The summed E-state index contributed by atoms with van der Waals surface area (Å²) in [5.41, 5.74) is 5.89. The van der Waals surface area contributed by atoms with E-state index in [1.165, 1.54) is 0 Å². The van der Waals surface area contributed by atoms with Crippen LogP contribution in [-0.4, -0.2) is 32.3 Å². The molecule has 84 valence electrons. The lowest BCUT2D eigenvalue weighted by molar-refractivity contribution is 0.206. The second kappa shape index (κ2) is 5.63. The SMILES string of the molecule is COCCN(C)c1nccc(CN)c1F. The summed E-state index contributed by atoms with van der Waals surface area (Å²) < 4.78 is 18.6. The molecule has 0 radical (unpaired) electrons. The molecule has 0 atom stereocenters. The number of rotatable bonds is 5. The van der Waals surface area contributed by atoms with Crippen LogP contribution in [0.5, 0.6) is 0 Å². The Morgan fingerprint density at radius 3 is 2.93 bits per heavy atom. The number of aromatic nitrogens is 1. The van der Waals surface area contributed by atoms with Gasteiger partial charge < -0.3 is 15.4 Å². The van der Waals surface area contributed by atoms with Gasteiger partial charge in [-0.2, -0.15) is 0 Å². The minimum atomic E-state index is -0.349. The average Bonchev–Trinajstić information content (AvgIpc) is 2.26. The fourth-order valence-corrected chi connectivity index (χ4v) is 1.23. The fourth-order valence-electron chi connectivity index (χ4n) is 1.23. The molecule has 1 rings (SSSR count). The molecule has 0 aliphatic rings. The van der Waals surface area contributed by atoms with E-state index in [1.54, 1.807) is 31.3 Å². The monoisotopic (exact) mass is 213 g/mol. The third-order valence-electron chi connectivity index (χ3n) is 2.16. The zero-order valence-electron chi connectivity index (χ0n) is 9.03. The number of hydrogen-bond acceptors (Lipinski definition) is 4. The molecule has 5 heteroatoms. The van der Waals surface area contributed by atoms with Gasteiger partial charge in [0.25, 0.3) is 0 Å². The Morgan fingerprint density at radius 1 is 1.60 bits per heavy atom. The molecule has 2 N–H and O–H groups in total. The number of likely N-dealkylation sites (N-methyl/N-ethyl adjacent to an activating group) is 1. The molecule has 0 saturated heterocycles. The Labute approximate surface area is 88.9 Å². The van der Waals surface area contributed by atoms with E-state index in [0.717, 1.165) is 0 Å². The first-order valence-electron chi connectivity index (χ1n) is 4.74. The molecule has 1 aromatic rings. The minimum absolute atomic E-state index is 0.180. The van der Waals surface area contributed by atoms with Crippen LogP contribution >= 0.6 is 0 Å². The Hall–Kier alpha value is -1.20. The molecular weight excluding hydrogens is 197 g/mol. The van der Waals surface area contributed by atoms with Crippen LogP contribution in [0.1, 0.15) is 5.56 Å². The summed E-state index contributed by atoms with van der Waals surface area (Å²) in [5, 5.41) is 0. The number of ether oxygens (including phenoxy) is 1. The van der Waals surface area contributed by atoms with Crippen molar-refractivity contribution in [2.75, 3.05) is 32.2 Å². The Bertz CT molecular complexity index is 320. The number of nitrogens with two attached hydrogens (primary N) is 1. The summed E-state index contributed by atoms with van der Waals surface area (Å²) in [6.07, 6.45) is 1.56. The molecule has 0 saturated carbocycles. The highest BCUT2D eigenvalue weighted by Crippen LogP contribution is 2.17. The zero-order valence-corrected chi connectivity index (χ0v) is 9.03. The summed E-state index contributed by atoms with van der Waals surface area (Å²) in [4.78, 5) is 5.69. The molecule has 0 aliphatic carbocycles. The van der Waals surface area contributed by atoms with Gasteiger partial charge in [0, 0.05) is 39.0 Å². The van der Waals surface area contributed by atoms with Crippen molar-refractivity contribution >= 4 is 5.82 Å². The highest BCUT2D eigenvalue weighted by atomic mass is 19.1. The van der Waals surface area contributed by atoms with Crippen molar-refractivity contribution in [1.29, 1.82) is 0 Å². The third-order valence-corrected chi connectivity index (χ3v) is 2.16. The van der Waals surface area contributed by atoms with E-state index in [1.807, 2.05) is 0 Å². The minimum Gasteiger partial charge on any atom is -0.383 e. The van der Waals surface area contributed by atoms with Gasteiger partial charge in [0.05, 0.1) is 6.61 Å². The van der Waals surface area contributed by atoms with E-state index >= 15 is 0 Å². The summed E-state index contributed by atoms with van der Waals surface area (Å²) in [5.74, 6) is -0.0337. The standard InChI is InChI=1S/C10H16FN3O/c1-14(5-6-15-2)10-9(11)8(7-12)3-4-13-10/h3-4H,5-7,12H2,1-2H3. The van der Waals surface area contributed by atoms with E-state index < -0.39 is 0 Å². The topological polar surface area (TPSA) is 51.4 Å². The van der Waals surface area contributed by atoms with Gasteiger partial charge in [0.1, 0.15) is 0 Å². The van der Waals surface area contributed by atoms with Crippen LogP contribution in [0.2, 0.25) is 0 Å². The normalized spacial score (nSPS) is 10.4. The van der Waals surface area contributed by atoms with Crippen LogP contribution in [0, 0.1) is 5.82 Å². The fraction of sp³-hybridized carbons (Fsp3) is 0.500. The summed E-state index contributed by atoms with van der Waals surface area (Å²) >= 11 is 0. The van der Waals surface area contributed by atoms with Gasteiger partial charge in [-0.1, -0.05) is 0 Å². The van der Waals surface area contributed by atoms with Crippen molar-refractivity contribution in [3.8, 4) is 0 Å². The number of nitrogens with zero attached hydrogens (tertiary/aromatic N) is 2. The van der Waals surface area contributed by atoms with Crippen molar-refractivity contribution in [2.45, 2.75) is 6.54 Å². The van der Waals surface area contributed by atoms with Crippen LogP contribution in [0.25, 0.3) is 0 Å². The lowest BCUT2D eigenvalue weighted by atomic mass is 10.2. The number of halogens is 1. The van der Waals surface area contributed by atoms with E-state index in [0.29, 0.717) is 24.5 Å². The quantitative estimate of drug-likeness (QED) is 0.784. The first-order valence-corrected chi connectivity index (χ1v) is 4.74. The second-order valence-electron chi connectivity index (χ2n) is 3.23. The predicted molar refractivity (Wildman–Crippen MR) is 57.2 cm³/mol. The molecule has 1 aromatic heterocycles. The molecule has 0 bridgehead atoms. The smallest absolute Gasteiger partial charge is 0.170 e. The van der Waals surface area contributed by atoms with Crippen molar-refractivity contribution < 1.29 is 9.13 Å². The van der Waals surface area contributed by atoms with Crippen LogP contribution in [0.3, 0.4) is 0 Å². The number of pyridine rings is 1. The average molecular weight is 213 g/mol. The summed E-state index contributed by atoms with van der Waals surface area (Å²) in [6, 6.07) is 1.59. The highest BCUT2D eigenvalue weighted by Gasteiger charge is 2.11.